The number of halogens is 4. The van der Waals surface area contributed by atoms with Crippen molar-refractivity contribution in [2.75, 3.05) is 157 Å². The highest BCUT2D eigenvalue weighted by molar-refractivity contribution is 7.51. The normalized spacial score (nSPS) is 16.7. The Hall–Kier alpha value is -5.19. The first-order chi connectivity index (χ1) is 41.2. The Labute approximate surface area is 494 Å². The lowest BCUT2D eigenvalue weighted by molar-refractivity contribution is -0.136. The van der Waals surface area contributed by atoms with Gasteiger partial charge in [0.2, 0.25) is 11.0 Å². The van der Waals surface area contributed by atoms with E-state index in [0.717, 1.165) is 44.5 Å². The number of ether oxygens (including phenoxy) is 11. The highest BCUT2D eigenvalue weighted by atomic mass is 35.5. The van der Waals surface area contributed by atoms with Crippen molar-refractivity contribution in [1.82, 2.24) is 49.4 Å². The van der Waals surface area contributed by atoms with Crippen LogP contribution < -0.4 is 9.64 Å². The monoisotopic (exact) mass is 1250 g/mol. The number of aldehydes is 1. The Morgan fingerprint density at radius 2 is 1.41 bits per heavy atom. The molecule has 3 fully saturated rings. The largest absolute Gasteiger partial charge is 0.420 e. The van der Waals surface area contributed by atoms with Crippen molar-refractivity contribution in [2.45, 2.75) is 64.1 Å². The van der Waals surface area contributed by atoms with Crippen LogP contribution in [0.5, 0.6) is 5.75 Å². The van der Waals surface area contributed by atoms with Crippen LogP contribution in [0, 0.1) is 22.9 Å². The zero-order chi connectivity index (χ0) is 60.9. The van der Waals surface area contributed by atoms with E-state index in [1.54, 1.807) is 38.7 Å². The van der Waals surface area contributed by atoms with Crippen molar-refractivity contribution < 1.29 is 94.3 Å². The average molecular weight is 1250 g/mol. The molecule has 3 N–H and O–H groups in total. The molecule has 85 heavy (non-hydrogen) atoms. The molecule has 4 aromatic heterocycles. The fourth-order valence-electron chi connectivity index (χ4n) is 9.20. The number of likely N-dealkylation sites (tertiary alicyclic amines) is 1. The third-order valence-electron chi connectivity index (χ3n) is 12.9. The van der Waals surface area contributed by atoms with Gasteiger partial charge in [0.1, 0.15) is 29.4 Å². The molecule has 474 valence electrons. The van der Waals surface area contributed by atoms with E-state index in [0.29, 0.717) is 153 Å². The number of rotatable bonds is 37. The molecule has 1 spiro atoms. The Morgan fingerprint density at radius 3 is 2.01 bits per heavy atom. The van der Waals surface area contributed by atoms with Gasteiger partial charge in [-0.15, -0.1) is 5.10 Å². The lowest BCUT2D eigenvalue weighted by atomic mass is 9.73. The maximum atomic E-state index is 13.5. The van der Waals surface area contributed by atoms with Crippen molar-refractivity contribution in [2.24, 2.45) is 5.41 Å². The summed E-state index contributed by atoms with van der Waals surface area (Å²) in [7, 11) is -1.01. The van der Waals surface area contributed by atoms with Crippen LogP contribution in [0.25, 0.3) is 11.0 Å². The Bertz CT molecular complexity index is 2790. The van der Waals surface area contributed by atoms with Crippen molar-refractivity contribution in [3.05, 3.63) is 70.9 Å². The minimum atomic E-state index is -4.19. The Morgan fingerprint density at radius 1 is 0.812 bits per heavy atom. The average Bonchev–Trinajstić information content (AvgIpc) is 1.88. The molecule has 0 aliphatic carbocycles. The second-order valence-corrected chi connectivity index (χ2v) is 21.6. The van der Waals surface area contributed by atoms with Gasteiger partial charge < -0.3 is 76.8 Å². The molecule has 5 aromatic rings. The highest BCUT2D eigenvalue weighted by Gasteiger charge is 2.46. The number of aliphatic hydroxyl groups is 1. The topological polar surface area (TPSA) is 312 Å². The number of piperidine rings is 1. The SMILES string of the molecule is CN1CCCC2(C1)CN(c1nc(Cl)nc3c1cnn3C1CCC(COCP(=O)(O)O)O1)C2.CO.O=Cc1ccn(CCOCCOCCOCCOCc2cn(CCOCCOCCOCCOCCC(=O)Oc3c(F)cc(F)cc3F)nn2)n1. The second kappa shape index (κ2) is 36.8. The first-order valence-electron chi connectivity index (χ1n) is 27.6. The van der Waals surface area contributed by atoms with Gasteiger partial charge in [-0.05, 0) is 56.9 Å². The number of esters is 1. The second-order valence-electron chi connectivity index (χ2n) is 19.7. The predicted molar refractivity (Wildman–Crippen MR) is 295 cm³/mol. The molecule has 2 unspecified atom stereocenters. The third-order valence-corrected chi connectivity index (χ3v) is 13.6. The number of carbonyl (C=O) groups is 2. The number of hydrogen-bond acceptors (Lipinski definition) is 23. The quantitative estimate of drug-likeness (QED) is 0.0128. The molecule has 3 saturated heterocycles. The lowest BCUT2D eigenvalue weighted by Crippen LogP contribution is -2.62. The van der Waals surface area contributed by atoms with Crippen molar-refractivity contribution in [3.8, 4) is 5.75 Å². The summed E-state index contributed by atoms with van der Waals surface area (Å²) in [4.78, 5) is 53.8. The molecule has 2 atom stereocenters. The van der Waals surface area contributed by atoms with Gasteiger partial charge in [0.05, 0.1) is 156 Å². The van der Waals surface area contributed by atoms with Crippen LogP contribution in [-0.2, 0) is 76.4 Å². The number of benzene rings is 1. The number of carbonyl (C=O) groups excluding carboxylic acids is 2. The molecule has 33 heteroatoms. The van der Waals surface area contributed by atoms with E-state index < -0.39 is 43.1 Å². The zero-order valence-corrected chi connectivity index (χ0v) is 49.3. The van der Waals surface area contributed by atoms with Crippen LogP contribution in [0.4, 0.5) is 19.0 Å². The molecule has 28 nitrogen and oxygen atoms in total. The van der Waals surface area contributed by atoms with Crippen LogP contribution in [0.3, 0.4) is 0 Å². The maximum absolute atomic E-state index is 13.5. The van der Waals surface area contributed by atoms with E-state index in [4.69, 9.17) is 73.9 Å². The van der Waals surface area contributed by atoms with E-state index in [-0.39, 0.29) is 50.5 Å². The molecule has 8 rings (SSSR count). The summed E-state index contributed by atoms with van der Waals surface area (Å²) >= 11 is 6.29. The first-order valence-corrected chi connectivity index (χ1v) is 29.7. The third kappa shape index (κ3) is 24.1. The van der Waals surface area contributed by atoms with Crippen molar-refractivity contribution in [3.63, 3.8) is 0 Å². The van der Waals surface area contributed by atoms with Crippen LogP contribution in [0.15, 0.2) is 36.8 Å². The van der Waals surface area contributed by atoms with Crippen molar-refractivity contribution >= 4 is 48.3 Å². The summed E-state index contributed by atoms with van der Waals surface area (Å²) in [5.74, 6) is -4.78. The van der Waals surface area contributed by atoms with Crippen molar-refractivity contribution in [1.29, 1.82) is 0 Å². The molecule has 0 amide bonds. The lowest BCUT2D eigenvalue weighted by Gasteiger charge is -2.54. The summed E-state index contributed by atoms with van der Waals surface area (Å²) in [6.45, 7) is 11.1. The molecule has 0 radical (unpaired) electrons. The molecule has 0 saturated carbocycles. The minimum Gasteiger partial charge on any atom is -0.420 e. The smallest absolute Gasteiger partial charge is 0.350 e. The maximum Gasteiger partial charge on any atom is 0.350 e. The Balaban J connectivity index is 0.000000289. The number of anilines is 1. The molecule has 3 aliphatic rings. The van der Waals surface area contributed by atoms with Gasteiger partial charge in [-0.2, -0.15) is 20.2 Å². The highest BCUT2D eigenvalue weighted by Crippen LogP contribution is 2.43. The first kappa shape index (κ1) is 68.9. The predicted octanol–water partition coefficient (Wildman–Crippen LogP) is 3.48. The van der Waals surface area contributed by atoms with Gasteiger partial charge in [0.15, 0.2) is 29.8 Å². The van der Waals surface area contributed by atoms with Crippen LogP contribution in [0.1, 0.15) is 54.5 Å². The van der Waals surface area contributed by atoms with E-state index >= 15 is 0 Å². The molecule has 1 aromatic carbocycles. The fraction of sp³-hybridized carbons (Fsp3) is 0.654. The minimum absolute atomic E-state index is 0.0429. The summed E-state index contributed by atoms with van der Waals surface area (Å²) in [5, 5.41) is 24.7. The van der Waals surface area contributed by atoms with Gasteiger partial charge in [0.25, 0.3) is 0 Å². The van der Waals surface area contributed by atoms with Gasteiger partial charge in [-0.25, -0.2) is 22.5 Å². The Kier molecular flexibility index (Phi) is 29.9. The van der Waals surface area contributed by atoms with E-state index in [9.17, 15) is 27.3 Å². The standard InChI is InChI=1S/C32H44F3N5O11.C19H28ClN6O5P.CH4O/c33-26-21-29(34)32(30(35)22-26)51-31(42)2-6-43-9-12-46-15-16-48-14-11-45-8-5-40-23-28(36-38-40)25-50-20-19-49-18-17-47-13-10-44-7-4-39-3-1-27(24-41)37-39;1-24-6-2-5-19(9-24)10-25(11-19)16-14-7-21-26(17(14)23-18(20)22-16)15-4-3-13(31-15)8-30-12-32(27,28)29;1-2/h1,3,21-24H,2,4-20,25H2;7,13,15H,2-6,8-12H2,1H3,(H2,27,28,29);2H,1H3. The van der Waals surface area contributed by atoms with Gasteiger partial charge >= 0.3 is 13.6 Å². The molecule has 0 bridgehead atoms. The van der Waals surface area contributed by atoms with Gasteiger partial charge in [-0.3, -0.25) is 18.8 Å². The van der Waals surface area contributed by atoms with E-state index in [1.807, 2.05) is 0 Å². The fourth-order valence-corrected chi connectivity index (χ4v) is 9.70. The number of aromatic nitrogens is 9. The van der Waals surface area contributed by atoms with Crippen LogP contribution >= 0.6 is 19.2 Å². The number of fused-ring (bicyclic) bond motifs is 1. The van der Waals surface area contributed by atoms with Crippen LogP contribution in [0.2, 0.25) is 5.28 Å². The molecular weight excluding hydrogens is 1170 g/mol. The summed E-state index contributed by atoms with van der Waals surface area (Å²) in [5.41, 5.74) is 2.04. The molecular formula is C52H76ClF3N11O17P. The van der Waals surface area contributed by atoms with Gasteiger partial charge in [0, 0.05) is 50.5 Å². The summed E-state index contributed by atoms with van der Waals surface area (Å²) in [6, 6.07) is 2.49. The van der Waals surface area contributed by atoms with Crippen LogP contribution in [-0.4, -0.2) is 235 Å². The van der Waals surface area contributed by atoms with Gasteiger partial charge in [-0.1, -0.05) is 5.21 Å². The zero-order valence-electron chi connectivity index (χ0n) is 47.6. The summed E-state index contributed by atoms with van der Waals surface area (Å²) in [6.07, 6.45) is 8.36. The molecule has 3 aliphatic heterocycles. The number of nitrogens with zero attached hydrogens (tertiary/aromatic N) is 11. The summed E-state index contributed by atoms with van der Waals surface area (Å²) < 4.78 is 115. The number of aliphatic hydroxyl groups excluding tert-OH is 1. The molecule has 7 heterocycles. The number of hydrogen-bond donors (Lipinski definition) is 3. The van der Waals surface area contributed by atoms with E-state index in [2.05, 4.69) is 52.1 Å². The van der Waals surface area contributed by atoms with E-state index in [1.165, 1.54) is 12.8 Å².